The number of thiocarbonyl (C=S) groups is 1. The van der Waals surface area contributed by atoms with Crippen LogP contribution < -0.4 is 0 Å². The van der Waals surface area contributed by atoms with E-state index in [2.05, 4.69) is 12.8 Å². The number of rotatable bonds is 10. The molecule has 0 saturated carbocycles. The van der Waals surface area contributed by atoms with E-state index in [-0.39, 0.29) is 11.4 Å². The first-order valence-electron chi connectivity index (χ1n) is 7.22. The van der Waals surface area contributed by atoms with Gasteiger partial charge in [0.05, 0.1) is 19.6 Å². The molecule has 0 aliphatic heterocycles. The minimum absolute atomic E-state index is 0.113. The molecule has 0 fully saturated rings. The van der Waals surface area contributed by atoms with Crippen LogP contribution in [0.15, 0.2) is 0 Å². The standard InChI is InChI=1S/C14H25NO4S2/c1-4-6-8-18-12(16)10-11(13(20)15(3)21)14(17)19-9-7-5-2/h11,21H,4-10H2,1-3H3. The molecule has 0 heterocycles. The van der Waals surface area contributed by atoms with Crippen molar-refractivity contribution >= 4 is 42.0 Å². The molecule has 0 aromatic rings. The molecular formula is C14H25NO4S2. The Morgan fingerprint density at radius 1 is 1.14 bits per heavy atom. The molecule has 1 unspecified atom stereocenters. The van der Waals surface area contributed by atoms with Gasteiger partial charge in [0.25, 0.3) is 0 Å². The SMILES string of the molecule is CCCCOC(=O)CC(C(=O)OCCCC)C(=S)N(C)S. The number of carbonyl (C=O) groups is 2. The quantitative estimate of drug-likeness (QED) is 0.287. The lowest BCUT2D eigenvalue weighted by Crippen LogP contribution is -2.34. The van der Waals surface area contributed by atoms with Crippen molar-refractivity contribution in [2.24, 2.45) is 5.92 Å². The Kier molecular flexibility index (Phi) is 11.3. The van der Waals surface area contributed by atoms with Crippen LogP contribution in [0.3, 0.4) is 0 Å². The fourth-order valence-electron chi connectivity index (χ4n) is 1.47. The zero-order valence-corrected chi connectivity index (χ0v) is 14.7. The first-order valence-corrected chi connectivity index (χ1v) is 8.03. The van der Waals surface area contributed by atoms with Crippen LogP contribution in [0.25, 0.3) is 0 Å². The largest absolute Gasteiger partial charge is 0.466 e. The lowest BCUT2D eigenvalue weighted by Gasteiger charge is -2.20. The lowest BCUT2D eigenvalue weighted by atomic mass is 10.1. The van der Waals surface area contributed by atoms with Gasteiger partial charge in [0.15, 0.2) is 0 Å². The van der Waals surface area contributed by atoms with E-state index in [1.165, 1.54) is 4.31 Å². The molecule has 0 aromatic carbocycles. The predicted octanol–water partition coefficient (Wildman–Crippen LogP) is 2.78. The van der Waals surface area contributed by atoms with Crippen LogP contribution in [0.2, 0.25) is 0 Å². The van der Waals surface area contributed by atoms with Gasteiger partial charge in [-0.3, -0.25) is 9.59 Å². The first kappa shape index (κ1) is 20.2. The second kappa shape index (κ2) is 11.8. The third-order valence-electron chi connectivity index (χ3n) is 2.78. The van der Waals surface area contributed by atoms with Crippen molar-refractivity contribution in [1.29, 1.82) is 0 Å². The smallest absolute Gasteiger partial charge is 0.316 e. The van der Waals surface area contributed by atoms with Gasteiger partial charge in [-0.15, -0.1) is 0 Å². The Morgan fingerprint density at radius 3 is 2.14 bits per heavy atom. The molecule has 122 valence electrons. The van der Waals surface area contributed by atoms with Crippen molar-refractivity contribution in [2.45, 2.75) is 46.0 Å². The molecular weight excluding hydrogens is 310 g/mol. The number of carbonyl (C=O) groups excluding carboxylic acids is 2. The lowest BCUT2D eigenvalue weighted by molar-refractivity contribution is -0.153. The van der Waals surface area contributed by atoms with Gasteiger partial charge in [0.2, 0.25) is 0 Å². The molecule has 0 rings (SSSR count). The van der Waals surface area contributed by atoms with Gasteiger partial charge in [-0.05, 0) is 12.8 Å². The molecule has 1 atom stereocenters. The third kappa shape index (κ3) is 8.93. The van der Waals surface area contributed by atoms with Crippen LogP contribution in [-0.4, -0.2) is 41.5 Å². The van der Waals surface area contributed by atoms with Gasteiger partial charge in [0, 0.05) is 7.05 Å². The van der Waals surface area contributed by atoms with Crippen LogP contribution in [0.1, 0.15) is 46.0 Å². The molecule has 0 aliphatic carbocycles. The highest BCUT2D eigenvalue weighted by atomic mass is 32.1. The van der Waals surface area contributed by atoms with Crippen molar-refractivity contribution in [2.75, 3.05) is 20.3 Å². The molecule has 0 N–H and O–H groups in total. The highest BCUT2D eigenvalue weighted by molar-refractivity contribution is 7.84. The summed E-state index contributed by atoms with van der Waals surface area (Å²) in [5, 5.41) is 0. The molecule has 0 aromatic heterocycles. The van der Waals surface area contributed by atoms with Crippen LogP contribution in [-0.2, 0) is 19.1 Å². The van der Waals surface area contributed by atoms with E-state index >= 15 is 0 Å². The van der Waals surface area contributed by atoms with Crippen molar-refractivity contribution in [3.05, 3.63) is 0 Å². The molecule has 21 heavy (non-hydrogen) atoms. The van der Waals surface area contributed by atoms with Gasteiger partial charge in [0.1, 0.15) is 10.9 Å². The van der Waals surface area contributed by atoms with Crippen molar-refractivity contribution in [1.82, 2.24) is 4.31 Å². The second-order valence-corrected chi connectivity index (χ2v) is 5.73. The van der Waals surface area contributed by atoms with Crippen LogP contribution in [0.4, 0.5) is 0 Å². The number of ether oxygens (including phenoxy) is 2. The topological polar surface area (TPSA) is 55.8 Å². The molecule has 0 amide bonds. The maximum atomic E-state index is 12.1. The summed E-state index contributed by atoms with van der Waals surface area (Å²) >= 11 is 9.23. The van der Waals surface area contributed by atoms with Gasteiger partial charge in [-0.2, -0.15) is 0 Å². The zero-order valence-electron chi connectivity index (χ0n) is 13.0. The van der Waals surface area contributed by atoms with Crippen molar-refractivity contribution in [3.8, 4) is 0 Å². The predicted molar refractivity (Wildman–Crippen MR) is 89.2 cm³/mol. The number of esters is 2. The highest BCUT2D eigenvalue weighted by Gasteiger charge is 2.29. The fraction of sp³-hybridized carbons (Fsp3) is 0.786. The first-order chi connectivity index (χ1) is 9.93. The zero-order chi connectivity index (χ0) is 16.3. The molecule has 7 heteroatoms. The summed E-state index contributed by atoms with van der Waals surface area (Å²) in [4.78, 5) is 24.1. The number of nitrogens with zero attached hydrogens (tertiary/aromatic N) is 1. The Bertz CT molecular complexity index is 348. The van der Waals surface area contributed by atoms with Gasteiger partial charge in [-0.1, -0.05) is 51.7 Å². The number of hydrogen-bond donors (Lipinski definition) is 1. The summed E-state index contributed by atoms with van der Waals surface area (Å²) in [5.41, 5.74) is 0. The van der Waals surface area contributed by atoms with Crippen molar-refractivity contribution in [3.63, 3.8) is 0 Å². The minimum atomic E-state index is -0.825. The third-order valence-corrected chi connectivity index (χ3v) is 3.68. The van der Waals surface area contributed by atoms with Crippen LogP contribution in [0, 0.1) is 5.92 Å². The summed E-state index contributed by atoms with van der Waals surface area (Å²) in [6, 6.07) is 0. The Morgan fingerprint density at radius 2 is 1.67 bits per heavy atom. The van der Waals surface area contributed by atoms with E-state index in [1.807, 2.05) is 13.8 Å². The van der Waals surface area contributed by atoms with Crippen molar-refractivity contribution < 1.29 is 19.1 Å². The summed E-state index contributed by atoms with van der Waals surface area (Å²) in [6.07, 6.45) is 3.33. The van der Waals surface area contributed by atoms with Gasteiger partial charge < -0.3 is 13.8 Å². The summed E-state index contributed by atoms with van der Waals surface area (Å²) in [7, 11) is 1.61. The Balaban J connectivity index is 4.55. The average molecular weight is 335 g/mol. The van der Waals surface area contributed by atoms with E-state index in [1.54, 1.807) is 7.05 Å². The van der Waals surface area contributed by atoms with Crippen LogP contribution >= 0.6 is 25.0 Å². The molecule has 0 bridgehead atoms. The number of thiol groups is 1. The average Bonchev–Trinajstić information content (AvgIpc) is 2.44. The van der Waals surface area contributed by atoms with E-state index in [0.29, 0.717) is 13.2 Å². The van der Waals surface area contributed by atoms with E-state index in [0.717, 1.165) is 25.7 Å². The Labute approximate surface area is 137 Å². The number of unbranched alkanes of at least 4 members (excludes halogenated alkanes) is 2. The monoisotopic (exact) mass is 335 g/mol. The van der Waals surface area contributed by atoms with Gasteiger partial charge >= 0.3 is 11.9 Å². The maximum Gasteiger partial charge on any atom is 0.316 e. The summed E-state index contributed by atoms with van der Waals surface area (Å²) in [5.74, 6) is -1.77. The van der Waals surface area contributed by atoms with Gasteiger partial charge in [-0.25, -0.2) is 0 Å². The molecule has 0 radical (unpaired) electrons. The van der Waals surface area contributed by atoms with E-state index in [9.17, 15) is 9.59 Å². The second-order valence-electron chi connectivity index (χ2n) is 4.71. The highest BCUT2D eigenvalue weighted by Crippen LogP contribution is 2.14. The molecule has 5 nitrogen and oxygen atoms in total. The Hall–Kier alpha value is -0.820. The summed E-state index contributed by atoms with van der Waals surface area (Å²) in [6.45, 7) is 4.70. The van der Waals surface area contributed by atoms with Crippen LogP contribution in [0.5, 0.6) is 0 Å². The molecule has 0 spiro atoms. The van der Waals surface area contributed by atoms with E-state index in [4.69, 9.17) is 21.7 Å². The number of hydrogen-bond acceptors (Lipinski definition) is 6. The summed E-state index contributed by atoms with van der Waals surface area (Å²) < 4.78 is 11.6. The normalized spacial score (nSPS) is 11.6. The molecule has 0 saturated heterocycles. The maximum absolute atomic E-state index is 12.1. The molecule has 0 aliphatic rings. The fourth-order valence-corrected chi connectivity index (χ4v) is 1.79. The minimum Gasteiger partial charge on any atom is -0.466 e. The van der Waals surface area contributed by atoms with E-state index < -0.39 is 17.9 Å².